The molecule has 24 heavy (non-hydrogen) atoms. The average Bonchev–Trinajstić information content (AvgIpc) is 2.58. The first-order valence-electron chi connectivity index (χ1n) is 7.41. The summed E-state index contributed by atoms with van der Waals surface area (Å²) in [6.07, 6.45) is 5.78. The number of halogens is 1. The fourth-order valence-electron chi connectivity index (χ4n) is 1.85. The maximum atomic E-state index is 11.8. The van der Waals surface area contributed by atoms with Crippen LogP contribution in [0, 0.1) is 0 Å². The number of nitrogens with one attached hydrogen (secondary N) is 2. The van der Waals surface area contributed by atoms with Crippen LogP contribution < -0.4 is 10.7 Å². The Balaban J connectivity index is 1.64. The molecule has 0 saturated carbocycles. The van der Waals surface area contributed by atoms with E-state index in [1.807, 2.05) is 30.3 Å². The van der Waals surface area contributed by atoms with Crippen LogP contribution >= 0.6 is 15.9 Å². The zero-order valence-electron chi connectivity index (χ0n) is 12.9. The van der Waals surface area contributed by atoms with Crippen molar-refractivity contribution in [2.75, 3.05) is 5.32 Å². The number of hydrazone groups is 1. The van der Waals surface area contributed by atoms with Gasteiger partial charge in [-0.25, -0.2) is 5.43 Å². The van der Waals surface area contributed by atoms with Crippen LogP contribution in [0.4, 0.5) is 5.69 Å². The summed E-state index contributed by atoms with van der Waals surface area (Å²) in [4.78, 5) is 27.4. The number of carbonyl (C=O) groups is 2. The number of carbonyl (C=O) groups excluding carboxylic acids is 2. The molecule has 0 atom stereocenters. The van der Waals surface area contributed by atoms with Gasteiger partial charge in [0.1, 0.15) is 0 Å². The fraction of sp³-hybridized carbons (Fsp3) is 0.176. The van der Waals surface area contributed by atoms with E-state index in [1.165, 1.54) is 6.21 Å². The Bertz CT molecular complexity index is 702. The second kappa shape index (κ2) is 9.57. The van der Waals surface area contributed by atoms with Gasteiger partial charge in [-0.15, -0.1) is 0 Å². The highest BCUT2D eigenvalue weighted by Gasteiger charge is 2.05. The van der Waals surface area contributed by atoms with E-state index in [0.29, 0.717) is 6.42 Å². The number of hydrogen-bond donors (Lipinski definition) is 2. The summed E-state index contributed by atoms with van der Waals surface area (Å²) >= 11 is 3.33. The van der Waals surface area contributed by atoms with Gasteiger partial charge in [0.05, 0.1) is 6.21 Å². The molecule has 2 aromatic rings. The highest BCUT2D eigenvalue weighted by molar-refractivity contribution is 9.10. The first-order valence-corrected chi connectivity index (χ1v) is 8.20. The van der Waals surface area contributed by atoms with Gasteiger partial charge in [-0.1, -0.05) is 22.0 Å². The number of aromatic nitrogens is 1. The van der Waals surface area contributed by atoms with Crippen LogP contribution in [0.5, 0.6) is 0 Å². The Kier molecular flexibility index (Phi) is 7.10. The largest absolute Gasteiger partial charge is 0.326 e. The Labute approximate surface area is 148 Å². The molecule has 2 N–H and O–H groups in total. The van der Waals surface area contributed by atoms with E-state index >= 15 is 0 Å². The Morgan fingerprint density at radius 1 is 1.12 bits per heavy atom. The predicted molar refractivity (Wildman–Crippen MR) is 96.6 cm³/mol. The Morgan fingerprint density at radius 3 is 2.58 bits per heavy atom. The lowest BCUT2D eigenvalue weighted by atomic mass is 10.2. The van der Waals surface area contributed by atoms with Crippen molar-refractivity contribution in [3.05, 3.63) is 58.8 Å². The number of rotatable bonds is 7. The van der Waals surface area contributed by atoms with E-state index in [2.05, 4.69) is 36.8 Å². The first kappa shape index (κ1) is 17.8. The van der Waals surface area contributed by atoms with Crippen LogP contribution in [0.25, 0.3) is 0 Å². The molecule has 0 aliphatic heterocycles. The van der Waals surface area contributed by atoms with E-state index < -0.39 is 0 Å². The van der Waals surface area contributed by atoms with Gasteiger partial charge in [0, 0.05) is 41.0 Å². The number of hydrogen-bond acceptors (Lipinski definition) is 4. The first-order chi connectivity index (χ1) is 11.6. The van der Waals surface area contributed by atoms with Crippen molar-refractivity contribution in [2.24, 2.45) is 5.10 Å². The predicted octanol–water partition coefficient (Wildman–Crippen LogP) is 3.10. The van der Waals surface area contributed by atoms with Gasteiger partial charge < -0.3 is 5.32 Å². The van der Waals surface area contributed by atoms with Crippen molar-refractivity contribution in [3.8, 4) is 0 Å². The molecule has 0 saturated heterocycles. The molecule has 1 heterocycles. The highest BCUT2D eigenvalue weighted by atomic mass is 79.9. The summed E-state index contributed by atoms with van der Waals surface area (Å²) in [7, 11) is 0. The summed E-state index contributed by atoms with van der Waals surface area (Å²) in [6, 6.07) is 10.9. The molecule has 0 aliphatic rings. The van der Waals surface area contributed by atoms with Gasteiger partial charge >= 0.3 is 0 Å². The fourth-order valence-corrected chi connectivity index (χ4v) is 2.12. The topological polar surface area (TPSA) is 83.5 Å². The van der Waals surface area contributed by atoms with Crippen molar-refractivity contribution in [1.29, 1.82) is 0 Å². The van der Waals surface area contributed by atoms with Crippen molar-refractivity contribution >= 4 is 39.6 Å². The second-order valence-corrected chi connectivity index (χ2v) is 5.90. The number of anilines is 1. The van der Waals surface area contributed by atoms with E-state index in [1.54, 1.807) is 18.5 Å². The molecule has 0 aliphatic carbocycles. The normalized spacial score (nSPS) is 10.5. The minimum atomic E-state index is -0.230. The van der Waals surface area contributed by atoms with Crippen molar-refractivity contribution in [1.82, 2.24) is 10.4 Å². The lowest BCUT2D eigenvalue weighted by Crippen LogP contribution is -2.18. The molecular weight excluding hydrogens is 372 g/mol. The average molecular weight is 389 g/mol. The SMILES string of the molecule is O=C(CCCC(=O)Nc1ccc(Br)cc1)N/N=C\c1cccnc1. The smallest absolute Gasteiger partial charge is 0.240 e. The molecule has 0 bridgehead atoms. The number of benzene rings is 1. The van der Waals surface area contributed by atoms with Gasteiger partial charge in [-0.05, 0) is 36.8 Å². The van der Waals surface area contributed by atoms with Crippen molar-refractivity contribution in [2.45, 2.75) is 19.3 Å². The second-order valence-electron chi connectivity index (χ2n) is 4.99. The summed E-state index contributed by atoms with van der Waals surface area (Å²) in [5.41, 5.74) is 3.95. The lowest BCUT2D eigenvalue weighted by Gasteiger charge is -2.05. The van der Waals surface area contributed by atoms with Crippen LogP contribution in [0.1, 0.15) is 24.8 Å². The zero-order chi connectivity index (χ0) is 17.2. The molecule has 0 unspecified atom stereocenters. The molecule has 124 valence electrons. The molecule has 7 heteroatoms. The van der Waals surface area contributed by atoms with Crippen molar-refractivity contribution < 1.29 is 9.59 Å². The third kappa shape index (κ3) is 6.70. The molecule has 1 aromatic heterocycles. The van der Waals surface area contributed by atoms with E-state index in [-0.39, 0.29) is 24.7 Å². The lowest BCUT2D eigenvalue weighted by molar-refractivity contribution is -0.121. The molecule has 6 nitrogen and oxygen atoms in total. The minimum Gasteiger partial charge on any atom is -0.326 e. The van der Waals surface area contributed by atoms with E-state index in [0.717, 1.165) is 15.7 Å². The summed E-state index contributed by atoms with van der Waals surface area (Å²) in [5.74, 6) is -0.351. The van der Waals surface area contributed by atoms with Crippen LogP contribution in [0.15, 0.2) is 58.4 Å². The monoisotopic (exact) mass is 388 g/mol. The zero-order valence-corrected chi connectivity index (χ0v) is 14.5. The highest BCUT2D eigenvalue weighted by Crippen LogP contribution is 2.14. The van der Waals surface area contributed by atoms with Crippen LogP contribution in [-0.2, 0) is 9.59 Å². The van der Waals surface area contributed by atoms with Crippen LogP contribution in [0.3, 0.4) is 0 Å². The number of pyridine rings is 1. The third-order valence-electron chi connectivity index (χ3n) is 3.02. The van der Waals surface area contributed by atoms with Gasteiger partial charge in [-0.3, -0.25) is 14.6 Å². The van der Waals surface area contributed by atoms with E-state index in [9.17, 15) is 9.59 Å². The maximum absolute atomic E-state index is 11.8. The van der Waals surface area contributed by atoms with Gasteiger partial charge in [0.2, 0.25) is 11.8 Å². The number of nitrogens with zero attached hydrogens (tertiary/aromatic N) is 2. The van der Waals surface area contributed by atoms with Crippen molar-refractivity contribution in [3.63, 3.8) is 0 Å². The van der Waals surface area contributed by atoms with E-state index in [4.69, 9.17) is 0 Å². The quantitative estimate of drug-likeness (QED) is 0.564. The molecular formula is C17H17BrN4O2. The molecule has 0 spiro atoms. The van der Waals surface area contributed by atoms with Gasteiger partial charge in [0.25, 0.3) is 0 Å². The minimum absolute atomic E-state index is 0.121. The summed E-state index contributed by atoms with van der Waals surface area (Å²) in [6.45, 7) is 0. The third-order valence-corrected chi connectivity index (χ3v) is 3.55. The molecule has 2 rings (SSSR count). The van der Waals surface area contributed by atoms with Gasteiger partial charge in [0.15, 0.2) is 0 Å². The molecule has 0 fully saturated rings. The Hall–Kier alpha value is -2.54. The molecule has 1 aromatic carbocycles. The molecule has 0 radical (unpaired) electrons. The van der Waals surface area contributed by atoms with Crippen LogP contribution in [0.2, 0.25) is 0 Å². The van der Waals surface area contributed by atoms with Crippen LogP contribution in [-0.4, -0.2) is 23.0 Å². The standard InChI is InChI=1S/C17H17BrN4O2/c18-14-6-8-15(9-7-14)21-16(23)4-1-5-17(24)22-20-12-13-3-2-10-19-11-13/h2-3,6-12H,1,4-5H2,(H,21,23)(H,22,24)/b20-12-. The Morgan fingerprint density at radius 2 is 1.88 bits per heavy atom. The maximum Gasteiger partial charge on any atom is 0.240 e. The summed E-state index contributed by atoms with van der Waals surface area (Å²) < 4.78 is 0.948. The number of amides is 2. The van der Waals surface area contributed by atoms with Gasteiger partial charge in [-0.2, -0.15) is 5.10 Å². The summed E-state index contributed by atoms with van der Waals surface area (Å²) in [5, 5.41) is 6.63. The molecule has 2 amide bonds.